The summed E-state index contributed by atoms with van der Waals surface area (Å²) in [5.74, 6) is -0.191. The van der Waals surface area contributed by atoms with Gasteiger partial charge in [-0.05, 0) is 24.6 Å². The van der Waals surface area contributed by atoms with Gasteiger partial charge in [0.2, 0.25) is 0 Å². The minimum absolute atomic E-state index is 0.191. The lowest BCUT2D eigenvalue weighted by Gasteiger charge is -2.01. The number of benzene rings is 2. The number of amides is 1. The van der Waals surface area contributed by atoms with Crippen molar-refractivity contribution in [2.75, 3.05) is 5.32 Å². The summed E-state index contributed by atoms with van der Waals surface area (Å²) in [6.07, 6.45) is 0. The lowest BCUT2D eigenvalue weighted by molar-refractivity contribution is -0.110. The van der Waals surface area contributed by atoms with Gasteiger partial charge in [-0.3, -0.25) is 4.79 Å². The first kappa shape index (κ1) is 11.9. The summed E-state index contributed by atoms with van der Waals surface area (Å²) in [7, 11) is 0. The fraction of sp³-hybridized carbons (Fsp3) is 0.0667. The van der Waals surface area contributed by atoms with E-state index in [0.717, 1.165) is 16.8 Å². The first-order valence-electron chi connectivity index (χ1n) is 5.91. The van der Waals surface area contributed by atoms with Crippen LogP contribution in [0, 0.1) is 6.92 Å². The van der Waals surface area contributed by atoms with Gasteiger partial charge in [0.25, 0.3) is 5.91 Å². The molecule has 1 heterocycles. The molecule has 0 bridgehead atoms. The van der Waals surface area contributed by atoms with E-state index in [1.54, 1.807) is 12.1 Å². The highest BCUT2D eigenvalue weighted by Gasteiger charge is 2.27. The maximum atomic E-state index is 12.0. The van der Waals surface area contributed by atoms with Crippen LogP contribution >= 0.6 is 11.6 Å². The van der Waals surface area contributed by atoms with Crippen molar-refractivity contribution in [3.63, 3.8) is 0 Å². The van der Waals surface area contributed by atoms with Gasteiger partial charge in [0.1, 0.15) is 5.71 Å². The van der Waals surface area contributed by atoms with Crippen LogP contribution in [0.2, 0.25) is 5.02 Å². The molecular formula is C15H11ClN2O. The van der Waals surface area contributed by atoms with Gasteiger partial charge in [-0.15, -0.1) is 0 Å². The first-order chi connectivity index (χ1) is 9.16. The van der Waals surface area contributed by atoms with Crippen LogP contribution in [-0.2, 0) is 4.79 Å². The number of aliphatic imine (C=N–C) groups is 1. The summed E-state index contributed by atoms with van der Waals surface area (Å²) in [5.41, 5.74) is 3.69. The normalized spacial score (nSPS) is 15.5. The van der Waals surface area contributed by atoms with Crippen LogP contribution in [0.3, 0.4) is 0 Å². The number of hydrogen-bond acceptors (Lipinski definition) is 2. The van der Waals surface area contributed by atoms with Crippen molar-refractivity contribution >= 4 is 34.6 Å². The number of aryl methyl sites for hydroxylation is 1. The summed E-state index contributed by atoms with van der Waals surface area (Å²) in [6, 6.07) is 13.0. The summed E-state index contributed by atoms with van der Waals surface area (Å²) in [6.45, 7) is 1.96. The third kappa shape index (κ3) is 2.02. The van der Waals surface area contributed by atoms with E-state index in [2.05, 4.69) is 10.3 Å². The third-order valence-corrected chi connectivity index (χ3v) is 3.39. The molecule has 1 aliphatic rings. The number of carbonyl (C=O) groups is 1. The minimum Gasteiger partial charge on any atom is -0.320 e. The fourth-order valence-electron chi connectivity index (χ4n) is 2.10. The highest BCUT2D eigenvalue weighted by Crippen LogP contribution is 2.30. The van der Waals surface area contributed by atoms with Crippen LogP contribution in [0.1, 0.15) is 11.1 Å². The van der Waals surface area contributed by atoms with Gasteiger partial charge in [0.15, 0.2) is 0 Å². The van der Waals surface area contributed by atoms with Crippen molar-refractivity contribution in [3.8, 4) is 0 Å². The van der Waals surface area contributed by atoms with Gasteiger partial charge in [-0.2, -0.15) is 0 Å². The highest BCUT2D eigenvalue weighted by molar-refractivity contribution is 6.54. The zero-order valence-corrected chi connectivity index (χ0v) is 11.0. The number of anilines is 1. The van der Waals surface area contributed by atoms with E-state index in [1.807, 2.05) is 37.3 Å². The Labute approximate surface area is 115 Å². The SMILES string of the molecule is Cc1cccc2c1NC(=O)C2=Nc1ccccc1Cl. The van der Waals surface area contributed by atoms with Gasteiger partial charge in [-0.1, -0.05) is 41.9 Å². The Bertz CT molecular complexity index is 707. The Morgan fingerprint density at radius 2 is 1.89 bits per heavy atom. The Kier molecular flexibility index (Phi) is 2.84. The number of hydrogen-bond donors (Lipinski definition) is 1. The molecule has 0 radical (unpaired) electrons. The molecule has 1 aliphatic heterocycles. The van der Waals surface area contributed by atoms with Crippen LogP contribution in [-0.4, -0.2) is 11.6 Å². The van der Waals surface area contributed by atoms with E-state index >= 15 is 0 Å². The van der Waals surface area contributed by atoms with E-state index in [0.29, 0.717) is 16.4 Å². The summed E-state index contributed by atoms with van der Waals surface area (Å²) >= 11 is 6.07. The average Bonchev–Trinajstić information content (AvgIpc) is 2.71. The molecule has 0 aromatic heterocycles. The van der Waals surface area contributed by atoms with Crippen molar-refractivity contribution in [1.82, 2.24) is 0 Å². The topological polar surface area (TPSA) is 41.5 Å². The maximum Gasteiger partial charge on any atom is 0.275 e. The Morgan fingerprint density at radius 1 is 1.11 bits per heavy atom. The summed E-state index contributed by atoms with van der Waals surface area (Å²) in [4.78, 5) is 16.4. The van der Waals surface area contributed by atoms with Crippen molar-refractivity contribution in [1.29, 1.82) is 0 Å². The Morgan fingerprint density at radius 3 is 2.68 bits per heavy atom. The lowest BCUT2D eigenvalue weighted by Crippen LogP contribution is -2.14. The Balaban J connectivity index is 2.15. The lowest BCUT2D eigenvalue weighted by atomic mass is 10.1. The number of fused-ring (bicyclic) bond motifs is 1. The smallest absolute Gasteiger partial charge is 0.275 e. The number of para-hydroxylation sites is 2. The van der Waals surface area contributed by atoms with Gasteiger partial charge in [0.05, 0.1) is 16.4 Å². The van der Waals surface area contributed by atoms with Gasteiger partial charge >= 0.3 is 0 Å². The molecule has 1 amide bonds. The van der Waals surface area contributed by atoms with Gasteiger partial charge < -0.3 is 5.32 Å². The molecule has 0 saturated heterocycles. The molecule has 4 heteroatoms. The standard InChI is InChI=1S/C15H11ClN2O/c1-9-5-4-6-10-13(9)18-15(19)14(10)17-12-8-3-2-7-11(12)16/h2-8H,1H3,(H,17,18,19). The van der Waals surface area contributed by atoms with E-state index in [4.69, 9.17) is 11.6 Å². The number of carbonyl (C=O) groups excluding carboxylic acids is 1. The molecule has 1 N–H and O–H groups in total. The molecule has 3 rings (SSSR count). The fourth-order valence-corrected chi connectivity index (χ4v) is 2.28. The van der Waals surface area contributed by atoms with Crippen LogP contribution in [0.5, 0.6) is 0 Å². The molecule has 19 heavy (non-hydrogen) atoms. The van der Waals surface area contributed by atoms with Crippen LogP contribution in [0.25, 0.3) is 0 Å². The highest BCUT2D eigenvalue weighted by atomic mass is 35.5. The molecule has 94 valence electrons. The second kappa shape index (κ2) is 4.52. The minimum atomic E-state index is -0.191. The second-order valence-electron chi connectivity index (χ2n) is 4.36. The molecule has 2 aromatic carbocycles. The molecule has 0 fully saturated rings. The predicted molar refractivity (Wildman–Crippen MR) is 77.5 cm³/mol. The number of rotatable bonds is 1. The first-order valence-corrected chi connectivity index (χ1v) is 6.29. The second-order valence-corrected chi connectivity index (χ2v) is 4.77. The van der Waals surface area contributed by atoms with E-state index < -0.39 is 0 Å². The summed E-state index contributed by atoms with van der Waals surface area (Å²) in [5, 5.41) is 3.37. The monoisotopic (exact) mass is 270 g/mol. The van der Waals surface area contributed by atoms with Gasteiger partial charge in [-0.25, -0.2) is 4.99 Å². The largest absolute Gasteiger partial charge is 0.320 e. The zero-order valence-electron chi connectivity index (χ0n) is 10.3. The number of nitrogens with zero attached hydrogens (tertiary/aromatic N) is 1. The molecule has 0 spiro atoms. The van der Waals surface area contributed by atoms with E-state index in [1.165, 1.54) is 0 Å². The van der Waals surface area contributed by atoms with Gasteiger partial charge in [0, 0.05) is 5.56 Å². The Hall–Kier alpha value is -2.13. The molecule has 3 nitrogen and oxygen atoms in total. The molecule has 2 aromatic rings. The average molecular weight is 271 g/mol. The number of nitrogens with one attached hydrogen (secondary N) is 1. The van der Waals surface area contributed by atoms with Crippen molar-refractivity contribution in [3.05, 3.63) is 58.6 Å². The van der Waals surface area contributed by atoms with E-state index in [9.17, 15) is 4.79 Å². The maximum absolute atomic E-state index is 12.0. The molecular weight excluding hydrogens is 260 g/mol. The van der Waals surface area contributed by atoms with E-state index in [-0.39, 0.29) is 5.91 Å². The third-order valence-electron chi connectivity index (χ3n) is 3.07. The summed E-state index contributed by atoms with van der Waals surface area (Å²) < 4.78 is 0. The van der Waals surface area contributed by atoms with Crippen LogP contribution < -0.4 is 5.32 Å². The quantitative estimate of drug-likeness (QED) is 0.843. The molecule has 0 saturated carbocycles. The van der Waals surface area contributed by atoms with Crippen molar-refractivity contribution in [2.24, 2.45) is 4.99 Å². The van der Waals surface area contributed by atoms with Crippen LogP contribution in [0.4, 0.5) is 11.4 Å². The van der Waals surface area contributed by atoms with Crippen molar-refractivity contribution < 1.29 is 4.79 Å². The molecule has 0 atom stereocenters. The van der Waals surface area contributed by atoms with Crippen molar-refractivity contribution in [2.45, 2.75) is 6.92 Å². The predicted octanol–water partition coefficient (Wildman–Crippen LogP) is 3.72. The van der Waals surface area contributed by atoms with Crippen LogP contribution in [0.15, 0.2) is 47.5 Å². The number of halogens is 1. The zero-order chi connectivity index (χ0) is 13.4. The molecule has 0 aliphatic carbocycles. The molecule has 0 unspecified atom stereocenters.